The summed E-state index contributed by atoms with van der Waals surface area (Å²) in [5.41, 5.74) is -0.196. The standard InChI is InChI=1S/C11H19NO4Si/c1-11(2,3)17(4,5)16-7-9-12-8(6-15-9)10(13)14/h6H,7H2,1-5H3,(H,13,14)/p-1. The summed E-state index contributed by atoms with van der Waals surface area (Å²) < 4.78 is 10.8. The quantitative estimate of drug-likeness (QED) is 0.764. The maximum atomic E-state index is 10.5. The van der Waals surface area contributed by atoms with Crippen molar-refractivity contribution < 1.29 is 18.7 Å². The summed E-state index contributed by atoms with van der Waals surface area (Å²) in [7, 11) is -1.87. The Morgan fingerprint density at radius 2 is 2.12 bits per heavy atom. The molecule has 0 aliphatic rings. The molecule has 1 aromatic heterocycles. The van der Waals surface area contributed by atoms with Crippen molar-refractivity contribution in [2.75, 3.05) is 0 Å². The molecule has 0 atom stereocenters. The lowest BCUT2D eigenvalue weighted by molar-refractivity contribution is -0.255. The second-order valence-corrected chi connectivity index (χ2v) is 10.3. The summed E-state index contributed by atoms with van der Waals surface area (Å²) >= 11 is 0. The second-order valence-electron chi connectivity index (χ2n) is 5.46. The molecule has 0 aromatic carbocycles. The minimum absolute atomic E-state index is 0.0940. The lowest BCUT2D eigenvalue weighted by Gasteiger charge is -2.35. The van der Waals surface area contributed by atoms with Gasteiger partial charge in [0.15, 0.2) is 8.32 Å². The molecule has 96 valence electrons. The Hall–Kier alpha value is -1.14. The zero-order chi connectivity index (χ0) is 13.3. The normalized spacial score (nSPS) is 12.8. The van der Waals surface area contributed by atoms with Gasteiger partial charge in [0.05, 0.1) is 5.97 Å². The number of rotatable bonds is 4. The Kier molecular flexibility index (Phi) is 3.78. The molecule has 1 heterocycles. The molecule has 0 amide bonds. The third kappa shape index (κ3) is 3.40. The molecular formula is C11H18NO4Si-. The molecule has 17 heavy (non-hydrogen) atoms. The molecule has 6 heteroatoms. The highest BCUT2D eigenvalue weighted by Crippen LogP contribution is 2.36. The highest BCUT2D eigenvalue weighted by atomic mass is 28.4. The fourth-order valence-electron chi connectivity index (χ4n) is 0.930. The second kappa shape index (κ2) is 4.62. The average Bonchev–Trinajstić information content (AvgIpc) is 2.61. The van der Waals surface area contributed by atoms with Crippen LogP contribution in [0.4, 0.5) is 0 Å². The molecule has 0 spiro atoms. The van der Waals surface area contributed by atoms with Gasteiger partial charge in [-0.2, -0.15) is 0 Å². The fraction of sp³-hybridized carbons (Fsp3) is 0.636. The first-order valence-corrected chi connectivity index (χ1v) is 8.34. The highest BCUT2D eigenvalue weighted by Gasteiger charge is 2.37. The number of aromatic nitrogens is 1. The smallest absolute Gasteiger partial charge is 0.219 e. The van der Waals surface area contributed by atoms with Gasteiger partial charge in [-0.25, -0.2) is 4.98 Å². The zero-order valence-electron chi connectivity index (χ0n) is 10.9. The van der Waals surface area contributed by atoms with Crippen molar-refractivity contribution in [3.05, 3.63) is 17.8 Å². The SMILES string of the molecule is CC(C)(C)[Si](C)(C)OCc1nc(C(=O)[O-])co1. The number of nitrogens with zero attached hydrogens (tertiary/aromatic N) is 1. The molecule has 0 N–H and O–H groups in total. The summed E-state index contributed by atoms with van der Waals surface area (Å²) in [6, 6.07) is 0. The average molecular weight is 256 g/mol. The van der Waals surface area contributed by atoms with Gasteiger partial charge >= 0.3 is 0 Å². The molecule has 0 fully saturated rings. The van der Waals surface area contributed by atoms with Crippen LogP contribution < -0.4 is 5.11 Å². The highest BCUT2D eigenvalue weighted by molar-refractivity contribution is 6.74. The molecule has 0 saturated heterocycles. The molecule has 5 nitrogen and oxygen atoms in total. The van der Waals surface area contributed by atoms with Gasteiger partial charge in [-0.3, -0.25) is 0 Å². The topological polar surface area (TPSA) is 75.4 Å². The maximum absolute atomic E-state index is 10.5. The van der Waals surface area contributed by atoms with Crippen LogP contribution in [0.1, 0.15) is 37.2 Å². The van der Waals surface area contributed by atoms with Crippen molar-refractivity contribution in [1.29, 1.82) is 0 Å². The summed E-state index contributed by atoms with van der Waals surface area (Å²) in [6.45, 7) is 10.8. The minimum Gasteiger partial charge on any atom is -0.543 e. The van der Waals surface area contributed by atoms with Crippen molar-refractivity contribution in [3.8, 4) is 0 Å². The fourth-order valence-corrected chi connectivity index (χ4v) is 1.85. The van der Waals surface area contributed by atoms with E-state index in [0.29, 0.717) is 0 Å². The minimum atomic E-state index is -1.87. The molecule has 1 rings (SSSR count). The van der Waals surface area contributed by atoms with Crippen molar-refractivity contribution >= 4 is 14.3 Å². The van der Waals surface area contributed by atoms with Gasteiger partial charge in [0.1, 0.15) is 18.6 Å². The van der Waals surface area contributed by atoms with Crippen LogP contribution in [0.5, 0.6) is 0 Å². The Bertz CT molecular complexity index is 406. The van der Waals surface area contributed by atoms with Gasteiger partial charge in [-0.1, -0.05) is 20.8 Å². The largest absolute Gasteiger partial charge is 0.543 e. The zero-order valence-corrected chi connectivity index (χ0v) is 11.9. The summed E-state index contributed by atoms with van der Waals surface area (Å²) in [6.07, 6.45) is 1.07. The lowest BCUT2D eigenvalue weighted by atomic mass is 10.2. The third-order valence-corrected chi connectivity index (χ3v) is 7.60. The van der Waals surface area contributed by atoms with E-state index in [-0.39, 0.29) is 23.2 Å². The van der Waals surface area contributed by atoms with E-state index in [9.17, 15) is 9.90 Å². The molecule has 0 aliphatic heterocycles. The predicted molar refractivity (Wildman–Crippen MR) is 62.8 cm³/mol. The van der Waals surface area contributed by atoms with Crippen LogP contribution in [-0.2, 0) is 11.0 Å². The van der Waals surface area contributed by atoms with Gasteiger partial charge in [0.2, 0.25) is 5.89 Å². The van der Waals surface area contributed by atoms with Crippen molar-refractivity contribution in [1.82, 2.24) is 4.98 Å². The molecule has 0 bridgehead atoms. The molecule has 0 radical (unpaired) electrons. The number of carboxylic acid groups (broad SMARTS) is 1. The summed E-state index contributed by atoms with van der Waals surface area (Å²) in [4.78, 5) is 14.3. The van der Waals surface area contributed by atoms with E-state index >= 15 is 0 Å². The molecule has 0 aliphatic carbocycles. The first-order chi connectivity index (χ1) is 7.63. The van der Waals surface area contributed by atoms with Crippen LogP contribution in [0.3, 0.4) is 0 Å². The van der Waals surface area contributed by atoms with E-state index in [1.807, 2.05) is 0 Å². The van der Waals surface area contributed by atoms with Crippen molar-refractivity contribution in [2.45, 2.75) is 45.5 Å². The molecule has 0 saturated carbocycles. The first kappa shape index (κ1) is 13.9. The Labute approximate surface area is 102 Å². The number of hydrogen-bond acceptors (Lipinski definition) is 5. The van der Waals surface area contributed by atoms with E-state index in [1.165, 1.54) is 0 Å². The lowest BCUT2D eigenvalue weighted by Crippen LogP contribution is -2.40. The van der Waals surface area contributed by atoms with E-state index in [1.54, 1.807) is 0 Å². The van der Waals surface area contributed by atoms with Gasteiger partial charge in [-0.05, 0) is 18.1 Å². The van der Waals surface area contributed by atoms with Crippen LogP contribution in [0.15, 0.2) is 10.7 Å². The van der Waals surface area contributed by atoms with Crippen LogP contribution in [0.25, 0.3) is 0 Å². The third-order valence-electron chi connectivity index (χ3n) is 3.12. The monoisotopic (exact) mass is 256 g/mol. The van der Waals surface area contributed by atoms with Crippen molar-refractivity contribution in [2.24, 2.45) is 0 Å². The molecule has 0 unspecified atom stereocenters. The van der Waals surface area contributed by atoms with E-state index in [0.717, 1.165) is 6.26 Å². The van der Waals surface area contributed by atoms with Crippen molar-refractivity contribution in [3.63, 3.8) is 0 Å². The number of aromatic carboxylic acids is 1. The molecule has 1 aromatic rings. The van der Waals surface area contributed by atoms with Crippen LogP contribution in [0, 0.1) is 0 Å². The number of carboxylic acids is 1. The summed E-state index contributed by atoms with van der Waals surface area (Å²) in [5, 5.41) is 10.6. The first-order valence-electron chi connectivity index (χ1n) is 5.43. The predicted octanol–water partition coefficient (Wildman–Crippen LogP) is 1.56. The van der Waals surface area contributed by atoms with Gasteiger partial charge in [0.25, 0.3) is 0 Å². The number of oxazole rings is 1. The Morgan fingerprint density at radius 3 is 2.53 bits per heavy atom. The number of hydrogen-bond donors (Lipinski definition) is 0. The van der Waals surface area contributed by atoms with E-state index in [2.05, 4.69) is 38.8 Å². The van der Waals surface area contributed by atoms with Crippen LogP contribution in [-0.4, -0.2) is 19.3 Å². The molecular weight excluding hydrogens is 238 g/mol. The number of carbonyl (C=O) groups excluding carboxylic acids is 1. The Balaban J connectivity index is 2.64. The van der Waals surface area contributed by atoms with Gasteiger partial charge in [-0.15, -0.1) is 0 Å². The van der Waals surface area contributed by atoms with E-state index in [4.69, 9.17) is 8.84 Å². The van der Waals surface area contributed by atoms with Crippen LogP contribution >= 0.6 is 0 Å². The maximum Gasteiger partial charge on any atom is 0.219 e. The van der Waals surface area contributed by atoms with Gasteiger partial charge in [0, 0.05) is 0 Å². The Morgan fingerprint density at radius 1 is 1.53 bits per heavy atom. The van der Waals surface area contributed by atoms with Gasteiger partial charge < -0.3 is 18.7 Å². The van der Waals surface area contributed by atoms with E-state index < -0.39 is 14.3 Å². The van der Waals surface area contributed by atoms with Crippen LogP contribution in [0.2, 0.25) is 18.1 Å². The number of carbonyl (C=O) groups is 1. The summed E-state index contributed by atoms with van der Waals surface area (Å²) in [5.74, 6) is -1.07.